The Hall–Kier alpha value is -3.46. The van der Waals surface area contributed by atoms with E-state index < -0.39 is 5.91 Å². The molecule has 0 fully saturated rings. The van der Waals surface area contributed by atoms with Crippen molar-refractivity contribution in [2.24, 2.45) is 0 Å². The quantitative estimate of drug-likeness (QED) is 0.431. The maximum Gasteiger partial charge on any atom is 0.259 e. The molecule has 0 unspecified atom stereocenters. The zero-order valence-corrected chi connectivity index (χ0v) is 18.7. The number of aromatic nitrogens is 2. The van der Waals surface area contributed by atoms with Crippen molar-refractivity contribution in [3.8, 4) is 11.3 Å². The number of pyridine rings is 1. The van der Waals surface area contributed by atoms with E-state index in [2.05, 4.69) is 36.7 Å². The summed E-state index contributed by atoms with van der Waals surface area (Å²) in [6.45, 7) is 5.21. The summed E-state index contributed by atoms with van der Waals surface area (Å²) in [4.78, 5) is 29.7. The van der Waals surface area contributed by atoms with Crippen LogP contribution >= 0.6 is 15.9 Å². The highest BCUT2D eigenvalue weighted by atomic mass is 79.9. The van der Waals surface area contributed by atoms with E-state index in [0.29, 0.717) is 33.8 Å². The Balaban J connectivity index is 1.58. The van der Waals surface area contributed by atoms with E-state index in [4.69, 9.17) is 8.94 Å². The standard InChI is InChI=1S/C22H19BrN4O4/c1-11-8-16(13(3)30-11)18-9-17(20-12(2)27-31-22(20)26-18)21(29)24-10-19(28)25-15-6-4-14(23)5-7-15/h4-9H,10H2,1-3H3,(H,24,29)(H,25,28). The van der Waals surface area contributed by atoms with E-state index in [1.165, 1.54) is 0 Å². The maximum atomic E-state index is 13.0. The Labute approximate surface area is 186 Å². The van der Waals surface area contributed by atoms with Crippen LogP contribution in [0.15, 0.2) is 49.8 Å². The molecule has 2 N–H and O–H groups in total. The summed E-state index contributed by atoms with van der Waals surface area (Å²) in [5, 5.41) is 9.84. The number of carbonyl (C=O) groups is 2. The van der Waals surface area contributed by atoms with Crippen molar-refractivity contribution in [2.45, 2.75) is 20.8 Å². The summed E-state index contributed by atoms with van der Waals surface area (Å²) in [7, 11) is 0. The van der Waals surface area contributed by atoms with E-state index in [0.717, 1.165) is 15.8 Å². The first kappa shape index (κ1) is 20.8. The SMILES string of the molecule is Cc1cc(-c2cc(C(=O)NCC(=O)Nc3ccc(Br)cc3)c3c(C)noc3n2)c(C)o1. The number of nitrogens with zero attached hydrogens (tertiary/aromatic N) is 2. The second kappa shape index (κ2) is 8.35. The molecule has 0 spiro atoms. The van der Waals surface area contributed by atoms with E-state index in [1.807, 2.05) is 32.0 Å². The van der Waals surface area contributed by atoms with Gasteiger partial charge in [0.05, 0.1) is 28.9 Å². The number of furan rings is 1. The highest BCUT2D eigenvalue weighted by Gasteiger charge is 2.21. The molecule has 158 valence electrons. The number of fused-ring (bicyclic) bond motifs is 1. The molecule has 31 heavy (non-hydrogen) atoms. The van der Waals surface area contributed by atoms with Gasteiger partial charge in [-0.3, -0.25) is 9.59 Å². The molecule has 3 aromatic heterocycles. The summed E-state index contributed by atoms with van der Waals surface area (Å²) in [5.74, 6) is 0.646. The van der Waals surface area contributed by atoms with E-state index in [1.54, 1.807) is 25.1 Å². The average Bonchev–Trinajstić information content (AvgIpc) is 3.28. The van der Waals surface area contributed by atoms with Crippen LogP contribution in [0.2, 0.25) is 0 Å². The lowest BCUT2D eigenvalue weighted by Crippen LogP contribution is -2.33. The Morgan fingerprint density at radius 3 is 2.52 bits per heavy atom. The van der Waals surface area contributed by atoms with Gasteiger partial charge in [-0.15, -0.1) is 0 Å². The monoisotopic (exact) mass is 482 g/mol. The Morgan fingerprint density at radius 1 is 1.10 bits per heavy atom. The predicted octanol–water partition coefficient (Wildman–Crippen LogP) is 4.54. The van der Waals surface area contributed by atoms with Gasteiger partial charge in [-0.05, 0) is 57.2 Å². The fourth-order valence-electron chi connectivity index (χ4n) is 3.29. The largest absolute Gasteiger partial charge is 0.466 e. The van der Waals surface area contributed by atoms with Crippen molar-refractivity contribution in [1.29, 1.82) is 0 Å². The van der Waals surface area contributed by atoms with Crippen LogP contribution in [0.5, 0.6) is 0 Å². The molecule has 0 bridgehead atoms. The van der Waals surface area contributed by atoms with Crippen molar-refractivity contribution >= 4 is 44.5 Å². The number of hydrogen-bond donors (Lipinski definition) is 2. The van der Waals surface area contributed by atoms with E-state index in [-0.39, 0.29) is 18.2 Å². The molecule has 0 radical (unpaired) electrons. The molecule has 9 heteroatoms. The first-order valence-corrected chi connectivity index (χ1v) is 10.3. The fraction of sp³-hybridized carbons (Fsp3) is 0.182. The maximum absolute atomic E-state index is 13.0. The van der Waals surface area contributed by atoms with Crippen molar-refractivity contribution in [3.05, 3.63) is 63.6 Å². The van der Waals surface area contributed by atoms with Crippen molar-refractivity contribution in [1.82, 2.24) is 15.5 Å². The van der Waals surface area contributed by atoms with Crippen LogP contribution < -0.4 is 10.6 Å². The molecule has 0 aliphatic rings. The summed E-state index contributed by atoms with van der Waals surface area (Å²) in [6, 6.07) is 10.7. The number of rotatable bonds is 5. The summed E-state index contributed by atoms with van der Waals surface area (Å²) in [5.41, 5.74) is 3.04. The lowest BCUT2D eigenvalue weighted by molar-refractivity contribution is -0.115. The minimum atomic E-state index is -0.427. The third kappa shape index (κ3) is 4.36. The number of benzene rings is 1. The van der Waals surface area contributed by atoms with Gasteiger partial charge < -0.3 is 19.6 Å². The molecule has 0 saturated carbocycles. The number of aryl methyl sites for hydroxylation is 3. The third-order valence-corrected chi connectivity index (χ3v) is 5.24. The van der Waals surface area contributed by atoms with Gasteiger partial charge in [0.15, 0.2) is 0 Å². The zero-order chi connectivity index (χ0) is 22.1. The lowest BCUT2D eigenvalue weighted by Gasteiger charge is -2.09. The molecule has 0 saturated heterocycles. The molecule has 4 aromatic rings. The van der Waals surface area contributed by atoms with Gasteiger partial charge in [-0.2, -0.15) is 0 Å². The second-order valence-electron chi connectivity index (χ2n) is 7.07. The molecule has 8 nitrogen and oxygen atoms in total. The van der Waals surface area contributed by atoms with E-state index in [9.17, 15) is 9.59 Å². The molecule has 4 rings (SSSR count). The first-order chi connectivity index (χ1) is 14.8. The Bertz CT molecular complexity index is 1290. The van der Waals surface area contributed by atoms with Gasteiger partial charge in [-0.25, -0.2) is 4.98 Å². The van der Waals surface area contributed by atoms with Gasteiger partial charge in [0.1, 0.15) is 11.5 Å². The van der Waals surface area contributed by atoms with Crippen molar-refractivity contribution < 1.29 is 18.5 Å². The molecule has 2 amide bonds. The summed E-state index contributed by atoms with van der Waals surface area (Å²) in [6.07, 6.45) is 0. The number of amides is 2. The molecular weight excluding hydrogens is 464 g/mol. The first-order valence-electron chi connectivity index (χ1n) is 9.50. The number of halogens is 1. The summed E-state index contributed by atoms with van der Waals surface area (Å²) < 4.78 is 11.8. The van der Waals surface area contributed by atoms with Crippen LogP contribution in [0.1, 0.15) is 27.6 Å². The number of nitrogens with one attached hydrogen (secondary N) is 2. The highest BCUT2D eigenvalue weighted by Crippen LogP contribution is 2.30. The predicted molar refractivity (Wildman–Crippen MR) is 119 cm³/mol. The average molecular weight is 483 g/mol. The number of hydrogen-bond acceptors (Lipinski definition) is 6. The van der Waals surface area contributed by atoms with Crippen LogP contribution in [0.4, 0.5) is 5.69 Å². The molecule has 0 aliphatic carbocycles. The Kier molecular flexibility index (Phi) is 5.60. The minimum Gasteiger partial charge on any atom is -0.466 e. The van der Waals surface area contributed by atoms with Crippen LogP contribution in [0.3, 0.4) is 0 Å². The van der Waals surface area contributed by atoms with Crippen LogP contribution in [0, 0.1) is 20.8 Å². The van der Waals surface area contributed by atoms with Gasteiger partial charge in [0.2, 0.25) is 5.91 Å². The second-order valence-corrected chi connectivity index (χ2v) is 7.98. The van der Waals surface area contributed by atoms with Gasteiger partial charge in [0, 0.05) is 15.7 Å². The smallest absolute Gasteiger partial charge is 0.259 e. The normalized spacial score (nSPS) is 11.0. The van der Waals surface area contributed by atoms with Crippen LogP contribution in [-0.4, -0.2) is 28.5 Å². The van der Waals surface area contributed by atoms with Crippen LogP contribution in [0.25, 0.3) is 22.4 Å². The molecule has 0 atom stereocenters. The number of carbonyl (C=O) groups excluding carboxylic acids is 2. The van der Waals surface area contributed by atoms with Crippen LogP contribution in [-0.2, 0) is 4.79 Å². The van der Waals surface area contributed by atoms with Crippen molar-refractivity contribution in [2.75, 3.05) is 11.9 Å². The lowest BCUT2D eigenvalue weighted by atomic mass is 10.1. The summed E-state index contributed by atoms with van der Waals surface area (Å²) >= 11 is 3.34. The highest BCUT2D eigenvalue weighted by molar-refractivity contribution is 9.10. The molecule has 3 heterocycles. The Morgan fingerprint density at radius 2 is 1.84 bits per heavy atom. The topological polar surface area (TPSA) is 110 Å². The van der Waals surface area contributed by atoms with Gasteiger partial charge in [-0.1, -0.05) is 21.1 Å². The molecule has 1 aromatic carbocycles. The zero-order valence-electron chi connectivity index (χ0n) is 17.1. The molecule has 0 aliphatic heterocycles. The number of anilines is 1. The van der Waals surface area contributed by atoms with Crippen molar-refractivity contribution in [3.63, 3.8) is 0 Å². The fourth-order valence-corrected chi connectivity index (χ4v) is 3.56. The van der Waals surface area contributed by atoms with E-state index >= 15 is 0 Å². The van der Waals surface area contributed by atoms with Gasteiger partial charge >= 0.3 is 0 Å². The molecular formula is C22H19BrN4O4. The van der Waals surface area contributed by atoms with Gasteiger partial charge in [0.25, 0.3) is 11.6 Å². The third-order valence-electron chi connectivity index (χ3n) is 4.72. The minimum absolute atomic E-state index is 0.192.